The molecule has 0 aliphatic carbocycles. The van der Waals surface area contributed by atoms with E-state index in [2.05, 4.69) is 13.5 Å². The zero-order valence-electron chi connectivity index (χ0n) is 18.0. The van der Waals surface area contributed by atoms with Gasteiger partial charge < -0.3 is 9.47 Å². The number of hydrogen-bond donors (Lipinski definition) is 0. The lowest BCUT2D eigenvalue weighted by Gasteiger charge is -2.23. The molecule has 32 heavy (non-hydrogen) atoms. The molecule has 0 radical (unpaired) electrons. The van der Waals surface area contributed by atoms with Crippen molar-refractivity contribution in [2.24, 2.45) is 0 Å². The standard InChI is InChI=1S/C27H25F3O2/c1-3-5-7-19-12-13-20-14-21-15-22(24(29)25(30)27(21)32-26(20)23(19)28)31-16-18-10-8-17(6-4-2)9-11-18/h3,8-13,15H,1,4-7,14,16H2,2H3. The van der Waals surface area contributed by atoms with Crippen molar-refractivity contribution in [2.45, 2.75) is 45.6 Å². The average molecular weight is 438 g/mol. The van der Waals surface area contributed by atoms with Crippen LogP contribution in [0.2, 0.25) is 0 Å². The molecule has 0 fully saturated rings. The zero-order valence-corrected chi connectivity index (χ0v) is 18.0. The Labute approximate surface area is 186 Å². The highest BCUT2D eigenvalue weighted by molar-refractivity contribution is 5.54. The molecule has 2 nitrogen and oxygen atoms in total. The first-order valence-electron chi connectivity index (χ1n) is 10.8. The van der Waals surface area contributed by atoms with Crippen LogP contribution in [-0.2, 0) is 25.9 Å². The lowest BCUT2D eigenvalue weighted by atomic mass is 9.96. The SMILES string of the molecule is C=CCCc1ccc2c(c1F)Oc1c(cc(OCc3ccc(CCC)cc3)c(F)c1F)C2. The predicted molar refractivity (Wildman–Crippen MR) is 119 cm³/mol. The number of aryl methyl sites for hydroxylation is 2. The molecule has 3 aromatic rings. The van der Waals surface area contributed by atoms with Gasteiger partial charge in [0.25, 0.3) is 0 Å². The topological polar surface area (TPSA) is 18.5 Å². The summed E-state index contributed by atoms with van der Waals surface area (Å²) in [5.41, 5.74) is 3.54. The van der Waals surface area contributed by atoms with Gasteiger partial charge in [-0.25, -0.2) is 4.39 Å². The summed E-state index contributed by atoms with van der Waals surface area (Å²) in [6.07, 6.45) is 5.04. The van der Waals surface area contributed by atoms with E-state index in [1.165, 1.54) is 11.6 Å². The quantitative estimate of drug-likeness (QED) is 0.266. The Morgan fingerprint density at radius 1 is 0.906 bits per heavy atom. The van der Waals surface area contributed by atoms with Gasteiger partial charge in [-0.05, 0) is 42.0 Å². The van der Waals surface area contributed by atoms with Crippen molar-refractivity contribution < 1.29 is 22.6 Å². The molecule has 0 saturated carbocycles. The molecule has 3 aromatic carbocycles. The third kappa shape index (κ3) is 4.38. The van der Waals surface area contributed by atoms with Crippen LogP contribution in [0.5, 0.6) is 17.2 Å². The Morgan fingerprint density at radius 3 is 2.34 bits per heavy atom. The molecule has 0 N–H and O–H groups in total. The Kier molecular flexibility index (Phi) is 6.54. The Bertz CT molecular complexity index is 1140. The average Bonchev–Trinajstić information content (AvgIpc) is 2.80. The number of allylic oxidation sites excluding steroid dienone is 1. The van der Waals surface area contributed by atoms with Crippen molar-refractivity contribution in [2.75, 3.05) is 0 Å². The molecule has 0 aromatic heterocycles. The molecule has 4 rings (SSSR count). The second kappa shape index (κ2) is 9.51. The van der Waals surface area contributed by atoms with Gasteiger partial charge >= 0.3 is 0 Å². The van der Waals surface area contributed by atoms with E-state index in [0.717, 1.165) is 18.4 Å². The highest BCUT2D eigenvalue weighted by atomic mass is 19.2. The third-order valence-corrected chi connectivity index (χ3v) is 5.62. The van der Waals surface area contributed by atoms with Crippen LogP contribution < -0.4 is 9.47 Å². The minimum Gasteiger partial charge on any atom is -0.486 e. The van der Waals surface area contributed by atoms with Crippen LogP contribution in [-0.4, -0.2) is 0 Å². The number of rotatable bonds is 8. The number of halogens is 3. The molecule has 1 aliphatic rings. The Balaban J connectivity index is 1.56. The monoisotopic (exact) mass is 438 g/mol. The number of benzene rings is 3. The van der Waals surface area contributed by atoms with Gasteiger partial charge in [-0.15, -0.1) is 6.58 Å². The predicted octanol–water partition coefficient (Wildman–Crippen LogP) is 7.45. The molecule has 0 unspecified atom stereocenters. The molecule has 1 aliphatic heterocycles. The summed E-state index contributed by atoms with van der Waals surface area (Å²) in [7, 11) is 0. The van der Waals surface area contributed by atoms with Gasteiger partial charge in [0.15, 0.2) is 23.1 Å². The summed E-state index contributed by atoms with van der Waals surface area (Å²) in [4.78, 5) is 0. The van der Waals surface area contributed by atoms with Crippen molar-refractivity contribution in [1.82, 2.24) is 0 Å². The second-order valence-corrected chi connectivity index (χ2v) is 7.98. The van der Waals surface area contributed by atoms with Gasteiger partial charge in [0, 0.05) is 17.5 Å². The fourth-order valence-electron chi connectivity index (χ4n) is 3.88. The highest BCUT2D eigenvalue weighted by Gasteiger charge is 2.28. The van der Waals surface area contributed by atoms with Crippen molar-refractivity contribution in [3.8, 4) is 17.2 Å². The maximum Gasteiger partial charge on any atom is 0.205 e. The molecule has 0 saturated heterocycles. The molecule has 0 atom stereocenters. The zero-order chi connectivity index (χ0) is 22.7. The number of hydrogen-bond acceptors (Lipinski definition) is 2. The van der Waals surface area contributed by atoms with Crippen molar-refractivity contribution in [3.63, 3.8) is 0 Å². The van der Waals surface area contributed by atoms with Crippen molar-refractivity contribution in [1.29, 1.82) is 0 Å². The summed E-state index contributed by atoms with van der Waals surface area (Å²) < 4.78 is 55.5. The molecule has 166 valence electrons. The van der Waals surface area contributed by atoms with E-state index >= 15 is 0 Å². The van der Waals surface area contributed by atoms with Crippen molar-refractivity contribution >= 4 is 0 Å². The van der Waals surface area contributed by atoms with Gasteiger partial charge in [0.1, 0.15) is 6.61 Å². The summed E-state index contributed by atoms with van der Waals surface area (Å²) in [5.74, 6) is -3.37. The van der Waals surface area contributed by atoms with Gasteiger partial charge in [0.05, 0.1) is 0 Å². The fraction of sp³-hybridized carbons (Fsp3) is 0.259. The van der Waals surface area contributed by atoms with Gasteiger partial charge in [0.2, 0.25) is 11.6 Å². The van der Waals surface area contributed by atoms with Crippen LogP contribution >= 0.6 is 0 Å². The molecule has 0 spiro atoms. The lowest BCUT2D eigenvalue weighted by Crippen LogP contribution is -2.10. The molecule has 0 bridgehead atoms. The van der Waals surface area contributed by atoms with Crippen LogP contribution in [0.3, 0.4) is 0 Å². The first-order chi connectivity index (χ1) is 15.5. The van der Waals surface area contributed by atoms with Crippen LogP contribution in [0.1, 0.15) is 47.6 Å². The minimum absolute atomic E-state index is 0.0433. The number of fused-ring (bicyclic) bond motifs is 2. The lowest BCUT2D eigenvalue weighted by molar-refractivity contribution is 0.279. The highest BCUT2D eigenvalue weighted by Crippen LogP contribution is 2.43. The maximum atomic E-state index is 14.9. The summed E-state index contributed by atoms with van der Waals surface area (Å²) >= 11 is 0. The van der Waals surface area contributed by atoms with Crippen LogP contribution in [0.4, 0.5) is 13.2 Å². The first-order valence-corrected chi connectivity index (χ1v) is 10.8. The van der Waals surface area contributed by atoms with E-state index in [0.29, 0.717) is 29.5 Å². The van der Waals surface area contributed by atoms with Crippen LogP contribution in [0.15, 0.2) is 55.1 Å². The van der Waals surface area contributed by atoms with E-state index in [1.807, 2.05) is 24.3 Å². The molecular weight excluding hydrogens is 413 g/mol. The van der Waals surface area contributed by atoms with Crippen molar-refractivity contribution in [3.05, 3.63) is 100 Å². The van der Waals surface area contributed by atoms with E-state index in [9.17, 15) is 13.2 Å². The normalized spacial score (nSPS) is 12.0. The van der Waals surface area contributed by atoms with E-state index in [-0.39, 0.29) is 30.3 Å². The van der Waals surface area contributed by atoms with Crippen LogP contribution in [0.25, 0.3) is 0 Å². The maximum absolute atomic E-state index is 14.9. The van der Waals surface area contributed by atoms with E-state index in [4.69, 9.17) is 9.47 Å². The first kappa shape index (κ1) is 22.0. The smallest absolute Gasteiger partial charge is 0.205 e. The van der Waals surface area contributed by atoms with Gasteiger partial charge in [-0.2, -0.15) is 8.78 Å². The molecule has 1 heterocycles. The van der Waals surface area contributed by atoms with Crippen LogP contribution in [0, 0.1) is 17.5 Å². The van der Waals surface area contributed by atoms with E-state index in [1.54, 1.807) is 18.2 Å². The molecule has 5 heteroatoms. The summed E-state index contributed by atoms with van der Waals surface area (Å²) in [6, 6.07) is 12.8. The second-order valence-electron chi connectivity index (χ2n) is 7.98. The Morgan fingerprint density at radius 2 is 1.62 bits per heavy atom. The summed E-state index contributed by atoms with van der Waals surface area (Å²) in [5, 5.41) is 0. The Hall–Kier alpha value is -3.21. The number of ether oxygens (including phenoxy) is 2. The summed E-state index contributed by atoms with van der Waals surface area (Å²) in [6.45, 7) is 5.87. The van der Waals surface area contributed by atoms with E-state index < -0.39 is 17.5 Å². The fourth-order valence-corrected chi connectivity index (χ4v) is 3.88. The van der Waals surface area contributed by atoms with Gasteiger partial charge in [-0.3, -0.25) is 0 Å². The molecule has 0 amide bonds. The minimum atomic E-state index is -1.17. The van der Waals surface area contributed by atoms with Gasteiger partial charge in [-0.1, -0.05) is 55.8 Å². The third-order valence-electron chi connectivity index (χ3n) is 5.62. The largest absolute Gasteiger partial charge is 0.486 e. The molecular formula is C27H25F3O2.